The Balaban J connectivity index is 4.45. The van der Waals surface area contributed by atoms with Crippen LogP contribution in [0.1, 0.15) is 34.1 Å². The molecule has 0 aliphatic carbocycles. The highest BCUT2D eigenvalue weighted by atomic mass is 16.5. The molecule has 0 aromatic carbocycles. The van der Waals surface area contributed by atoms with E-state index in [0.717, 1.165) is 32.6 Å². The summed E-state index contributed by atoms with van der Waals surface area (Å²) in [6.45, 7) is 12.7. The number of ether oxygens (including phenoxy) is 1. The van der Waals surface area contributed by atoms with Crippen LogP contribution in [0.2, 0.25) is 0 Å². The molecule has 0 saturated heterocycles. The molecule has 1 N–H and O–H groups in total. The van der Waals surface area contributed by atoms with Crippen molar-refractivity contribution < 1.29 is 4.74 Å². The van der Waals surface area contributed by atoms with Gasteiger partial charge in [0.05, 0.1) is 12.7 Å². The van der Waals surface area contributed by atoms with Crippen molar-refractivity contribution in [1.29, 1.82) is 5.26 Å². The zero-order valence-corrected chi connectivity index (χ0v) is 12.6. The Kier molecular flexibility index (Phi) is 8.99. The van der Waals surface area contributed by atoms with Crippen molar-refractivity contribution in [2.75, 3.05) is 39.9 Å². The summed E-state index contributed by atoms with van der Waals surface area (Å²) in [7, 11) is 1.71. The van der Waals surface area contributed by atoms with Crippen molar-refractivity contribution in [2.24, 2.45) is 5.92 Å². The average Bonchev–Trinajstić information content (AvgIpc) is 2.33. The third-order valence-electron chi connectivity index (χ3n) is 2.79. The van der Waals surface area contributed by atoms with Crippen molar-refractivity contribution in [3.05, 3.63) is 0 Å². The lowest BCUT2D eigenvalue weighted by Crippen LogP contribution is -2.52. The van der Waals surface area contributed by atoms with Gasteiger partial charge >= 0.3 is 0 Å². The molecule has 0 saturated carbocycles. The maximum atomic E-state index is 9.35. The van der Waals surface area contributed by atoms with Gasteiger partial charge in [0.2, 0.25) is 0 Å². The third-order valence-corrected chi connectivity index (χ3v) is 2.79. The Bertz CT molecular complexity index is 250. The number of hydrogen-bond acceptors (Lipinski definition) is 4. The van der Waals surface area contributed by atoms with Crippen LogP contribution in [-0.4, -0.2) is 50.3 Å². The minimum atomic E-state index is -0.474. The first kappa shape index (κ1) is 17.4. The van der Waals surface area contributed by atoms with Gasteiger partial charge in [-0.15, -0.1) is 0 Å². The highest BCUT2D eigenvalue weighted by Crippen LogP contribution is 2.08. The van der Waals surface area contributed by atoms with E-state index in [9.17, 15) is 5.26 Å². The number of nitriles is 1. The molecule has 4 nitrogen and oxygen atoms in total. The Labute approximate surface area is 112 Å². The lowest BCUT2D eigenvalue weighted by molar-refractivity contribution is 0.126. The number of nitrogens with one attached hydrogen (secondary N) is 1. The molecular formula is C14H29N3O. The van der Waals surface area contributed by atoms with Gasteiger partial charge in [-0.2, -0.15) is 5.26 Å². The predicted molar refractivity (Wildman–Crippen MR) is 75.5 cm³/mol. The molecule has 18 heavy (non-hydrogen) atoms. The van der Waals surface area contributed by atoms with E-state index in [0.29, 0.717) is 12.5 Å². The maximum absolute atomic E-state index is 9.35. The molecule has 0 fully saturated rings. The Morgan fingerprint density at radius 1 is 1.44 bits per heavy atom. The fraction of sp³-hybridized carbons (Fsp3) is 0.929. The van der Waals surface area contributed by atoms with Crippen molar-refractivity contribution in [2.45, 2.75) is 39.7 Å². The van der Waals surface area contributed by atoms with Gasteiger partial charge in [-0.1, -0.05) is 20.8 Å². The molecule has 0 amide bonds. The Morgan fingerprint density at radius 3 is 2.56 bits per heavy atom. The quantitative estimate of drug-likeness (QED) is 0.647. The Morgan fingerprint density at radius 2 is 2.11 bits per heavy atom. The van der Waals surface area contributed by atoms with Crippen LogP contribution in [0.25, 0.3) is 0 Å². The maximum Gasteiger partial charge on any atom is 0.116 e. The molecule has 1 atom stereocenters. The summed E-state index contributed by atoms with van der Waals surface area (Å²) < 4.78 is 5.14. The lowest BCUT2D eigenvalue weighted by atomic mass is 10.0. The van der Waals surface area contributed by atoms with E-state index in [-0.39, 0.29) is 0 Å². The average molecular weight is 255 g/mol. The molecular weight excluding hydrogens is 226 g/mol. The topological polar surface area (TPSA) is 48.3 Å². The molecule has 4 heteroatoms. The number of rotatable bonds is 10. The van der Waals surface area contributed by atoms with Gasteiger partial charge in [-0.25, -0.2) is 0 Å². The monoisotopic (exact) mass is 255 g/mol. The molecule has 0 aliphatic heterocycles. The largest absolute Gasteiger partial charge is 0.383 e. The first-order chi connectivity index (χ1) is 8.47. The molecule has 0 bridgehead atoms. The molecule has 0 aromatic heterocycles. The van der Waals surface area contributed by atoms with Crippen molar-refractivity contribution >= 4 is 0 Å². The van der Waals surface area contributed by atoms with Crippen LogP contribution in [0.4, 0.5) is 0 Å². The zero-order valence-electron chi connectivity index (χ0n) is 12.6. The van der Waals surface area contributed by atoms with Gasteiger partial charge in [-0.3, -0.25) is 10.2 Å². The predicted octanol–water partition coefficient (Wildman–Crippen LogP) is 1.87. The second-order valence-electron chi connectivity index (χ2n) is 5.49. The molecule has 0 radical (unpaired) electrons. The highest BCUT2D eigenvalue weighted by Gasteiger charge is 2.26. The number of hydrogen-bond donors (Lipinski definition) is 1. The lowest BCUT2D eigenvalue weighted by Gasteiger charge is -2.32. The second kappa shape index (κ2) is 9.32. The van der Waals surface area contributed by atoms with E-state index in [1.165, 1.54) is 0 Å². The zero-order chi connectivity index (χ0) is 14.0. The molecule has 0 spiro atoms. The molecule has 106 valence electrons. The first-order valence-electron chi connectivity index (χ1n) is 6.85. The standard InChI is InChI=1S/C14H29N3O/c1-6-7-16-14(4,11-15)12-17(8-9-18-5)10-13(2)3/h13,16H,6-10,12H2,1-5H3. The fourth-order valence-corrected chi connectivity index (χ4v) is 1.95. The van der Waals surface area contributed by atoms with Gasteiger partial charge in [0.1, 0.15) is 5.54 Å². The molecule has 0 aliphatic rings. The van der Waals surface area contributed by atoms with Gasteiger partial charge in [0.15, 0.2) is 0 Å². The Hall–Kier alpha value is -0.630. The normalized spacial score (nSPS) is 14.8. The summed E-state index contributed by atoms with van der Waals surface area (Å²) in [4.78, 5) is 2.31. The van der Waals surface area contributed by atoms with Crippen LogP contribution in [0.5, 0.6) is 0 Å². The summed E-state index contributed by atoms with van der Waals surface area (Å²) in [5.41, 5.74) is -0.474. The van der Waals surface area contributed by atoms with Gasteiger partial charge in [0, 0.05) is 26.7 Å². The van der Waals surface area contributed by atoms with Crippen molar-refractivity contribution in [3.8, 4) is 6.07 Å². The van der Waals surface area contributed by atoms with Crippen LogP contribution in [0, 0.1) is 17.2 Å². The van der Waals surface area contributed by atoms with Gasteiger partial charge in [-0.05, 0) is 25.8 Å². The minimum Gasteiger partial charge on any atom is -0.383 e. The van der Waals surface area contributed by atoms with Gasteiger partial charge < -0.3 is 4.74 Å². The van der Waals surface area contributed by atoms with Crippen LogP contribution >= 0.6 is 0 Å². The van der Waals surface area contributed by atoms with E-state index < -0.39 is 5.54 Å². The summed E-state index contributed by atoms with van der Waals surface area (Å²) in [6.07, 6.45) is 1.04. The summed E-state index contributed by atoms with van der Waals surface area (Å²) in [5, 5.41) is 12.7. The fourth-order valence-electron chi connectivity index (χ4n) is 1.95. The van der Waals surface area contributed by atoms with Crippen LogP contribution in [0.15, 0.2) is 0 Å². The van der Waals surface area contributed by atoms with Crippen LogP contribution in [-0.2, 0) is 4.74 Å². The molecule has 0 rings (SSSR count). The third kappa shape index (κ3) is 7.65. The number of methoxy groups -OCH3 is 1. The van der Waals surface area contributed by atoms with E-state index >= 15 is 0 Å². The smallest absolute Gasteiger partial charge is 0.116 e. The molecule has 0 aromatic rings. The number of nitrogens with zero attached hydrogens (tertiary/aromatic N) is 2. The van der Waals surface area contributed by atoms with E-state index in [1.54, 1.807) is 7.11 Å². The van der Waals surface area contributed by atoms with E-state index in [4.69, 9.17) is 4.74 Å². The van der Waals surface area contributed by atoms with E-state index in [2.05, 4.69) is 37.1 Å². The second-order valence-corrected chi connectivity index (χ2v) is 5.49. The molecule has 0 heterocycles. The van der Waals surface area contributed by atoms with Crippen molar-refractivity contribution in [1.82, 2.24) is 10.2 Å². The highest BCUT2D eigenvalue weighted by molar-refractivity contribution is 5.05. The van der Waals surface area contributed by atoms with Crippen LogP contribution < -0.4 is 5.32 Å². The summed E-state index contributed by atoms with van der Waals surface area (Å²) >= 11 is 0. The minimum absolute atomic E-state index is 0.474. The van der Waals surface area contributed by atoms with Crippen molar-refractivity contribution in [3.63, 3.8) is 0 Å². The summed E-state index contributed by atoms with van der Waals surface area (Å²) in [5.74, 6) is 0.593. The first-order valence-corrected chi connectivity index (χ1v) is 6.85. The van der Waals surface area contributed by atoms with E-state index in [1.807, 2.05) is 6.92 Å². The SMILES string of the molecule is CCCNC(C)(C#N)CN(CCOC)CC(C)C. The van der Waals surface area contributed by atoms with Crippen LogP contribution in [0.3, 0.4) is 0 Å². The van der Waals surface area contributed by atoms with Gasteiger partial charge in [0.25, 0.3) is 0 Å². The molecule has 1 unspecified atom stereocenters. The summed E-state index contributed by atoms with van der Waals surface area (Å²) in [6, 6.07) is 2.40.